The van der Waals surface area contributed by atoms with Gasteiger partial charge in [0, 0.05) is 44.4 Å². The molecule has 11 nitrogen and oxygen atoms in total. The van der Waals surface area contributed by atoms with Crippen LogP contribution in [0.2, 0.25) is 0 Å². The number of ketones is 2. The molecule has 0 aromatic heterocycles. The number of hydrogen-bond donors (Lipinski definition) is 3. The molecule has 7 heterocycles. The second kappa shape index (κ2) is 23.6. The quantitative estimate of drug-likeness (QED) is 0.254. The van der Waals surface area contributed by atoms with Crippen LogP contribution in [0.3, 0.4) is 0 Å². The van der Waals surface area contributed by atoms with E-state index in [1.807, 2.05) is 6.92 Å². The minimum Gasteiger partial charge on any atom is -0.394 e. The number of fused-ring (bicyclic) bond motifs is 7. The lowest BCUT2D eigenvalue weighted by molar-refractivity contribution is -0.256. The normalized spacial score (nSPS) is 40.0. The van der Waals surface area contributed by atoms with E-state index in [0.29, 0.717) is 44.9 Å². The number of rotatable bonds is 3. The first-order valence-corrected chi connectivity index (χ1v) is 23.4. The number of carbonyl (C=O) groups is 2. The Bertz CT molecular complexity index is 1960. The van der Waals surface area contributed by atoms with E-state index in [-0.39, 0.29) is 116 Å². The fourth-order valence-corrected chi connectivity index (χ4v) is 10.7. The summed E-state index contributed by atoms with van der Waals surface area (Å²) in [5.74, 6) is 25.8. The predicted molar refractivity (Wildman–Crippen MR) is 241 cm³/mol. The van der Waals surface area contributed by atoms with Crippen molar-refractivity contribution in [3.05, 3.63) is 24.3 Å². The van der Waals surface area contributed by atoms with Crippen LogP contribution in [0, 0.1) is 82.9 Å². The molecule has 0 radical (unpaired) electrons. The molecule has 7 aliphatic heterocycles. The van der Waals surface area contributed by atoms with Gasteiger partial charge in [0.2, 0.25) is 0 Å². The Kier molecular flexibility index (Phi) is 18.3. The lowest BCUT2D eigenvalue weighted by Crippen LogP contribution is -2.60. The van der Waals surface area contributed by atoms with Crippen LogP contribution in [0.1, 0.15) is 118 Å². The van der Waals surface area contributed by atoms with Gasteiger partial charge in [-0.1, -0.05) is 45.8 Å². The summed E-state index contributed by atoms with van der Waals surface area (Å²) in [5, 5.41) is 31.5. The van der Waals surface area contributed by atoms with Gasteiger partial charge in [-0.15, -0.1) is 0 Å². The van der Waals surface area contributed by atoms with E-state index in [4.69, 9.17) is 28.4 Å². The molecular formula is C53H68O11. The average Bonchev–Trinajstić information content (AvgIpc) is 3.89. The third-order valence-corrected chi connectivity index (χ3v) is 14.4. The average molecular weight is 881 g/mol. The molecule has 346 valence electrons. The first kappa shape index (κ1) is 49.7. The summed E-state index contributed by atoms with van der Waals surface area (Å²) in [6, 6.07) is 0. The Morgan fingerprint density at radius 1 is 0.625 bits per heavy atom. The predicted octanol–water partition coefficient (Wildman–Crippen LogP) is 5.21. The number of ether oxygens (including phenoxy) is 6. The van der Waals surface area contributed by atoms with Gasteiger partial charge in [0.1, 0.15) is 29.9 Å². The van der Waals surface area contributed by atoms with Crippen molar-refractivity contribution in [3.63, 3.8) is 0 Å². The summed E-state index contributed by atoms with van der Waals surface area (Å²) in [6.45, 7) is 18.2. The maximum absolute atomic E-state index is 13.8. The largest absolute Gasteiger partial charge is 0.394 e. The number of carbonyl (C=O) groups excluding carboxylic acids is 2. The van der Waals surface area contributed by atoms with E-state index in [1.165, 1.54) is 0 Å². The molecule has 0 aliphatic carbocycles. The molecule has 0 amide bonds. The van der Waals surface area contributed by atoms with Crippen LogP contribution in [0.4, 0.5) is 0 Å². The van der Waals surface area contributed by atoms with Crippen molar-refractivity contribution < 1.29 is 53.3 Å². The zero-order valence-electron chi connectivity index (χ0n) is 38.3. The highest BCUT2D eigenvalue weighted by molar-refractivity contribution is 5.79. The zero-order chi connectivity index (χ0) is 45.9. The SMILES string of the molecule is C=C1C2C[C@@H]3O[C@H](C[C@H](O)CO)[C@H](C)[C@H]3CC(=O)CC3CC[C@@H]4O[C@H]5[C@@H](C)[C@H](CC(=O)CCC6CC(=C)[C@H](CC[C@@H](C[C@H]1C)O2)O6)O[C@H]5[C@@H](O)[C@H]4O3.CC#CC#CC#CC#CC#CC. The highest BCUT2D eigenvalue weighted by Crippen LogP contribution is 2.45. The van der Waals surface area contributed by atoms with Gasteiger partial charge >= 0.3 is 0 Å². The number of hydrogen-bond acceptors (Lipinski definition) is 11. The molecule has 0 spiro atoms. The molecule has 8 bridgehead atoms. The lowest BCUT2D eigenvalue weighted by Gasteiger charge is -2.46. The van der Waals surface area contributed by atoms with Crippen LogP contribution < -0.4 is 0 Å². The molecule has 3 unspecified atom stereocenters. The van der Waals surface area contributed by atoms with Crippen LogP contribution in [0.5, 0.6) is 0 Å². The molecule has 7 rings (SSSR count). The van der Waals surface area contributed by atoms with E-state index >= 15 is 0 Å². The van der Waals surface area contributed by atoms with E-state index < -0.39 is 24.4 Å². The Balaban J connectivity index is 0.000000497. The summed E-state index contributed by atoms with van der Waals surface area (Å²) >= 11 is 0. The summed E-state index contributed by atoms with van der Waals surface area (Å²) in [7, 11) is 0. The highest BCUT2D eigenvalue weighted by Gasteiger charge is 2.56. The van der Waals surface area contributed by atoms with Crippen LogP contribution in [0.15, 0.2) is 24.3 Å². The Morgan fingerprint density at radius 2 is 1.27 bits per heavy atom. The van der Waals surface area contributed by atoms with Crippen molar-refractivity contribution in [1.29, 1.82) is 0 Å². The first-order chi connectivity index (χ1) is 30.8. The summed E-state index contributed by atoms with van der Waals surface area (Å²) in [5.41, 5.74) is 2.10. The Morgan fingerprint density at radius 3 is 1.95 bits per heavy atom. The monoisotopic (exact) mass is 880 g/mol. The van der Waals surface area contributed by atoms with E-state index in [0.717, 1.165) is 36.8 Å². The molecule has 0 saturated carbocycles. The van der Waals surface area contributed by atoms with Crippen molar-refractivity contribution in [2.75, 3.05) is 6.61 Å². The van der Waals surface area contributed by atoms with Gasteiger partial charge in [0.15, 0.2) is 0 Å². The molecule has 7 saturated heterocycles. The van der Waals surface area contributed by atoms with Gasteiger partial charge in [0.05, 0.1) is 73.8 Å². The molecule has 3 N–H and O–H groups in total. The minimum absolute atomic E-state index is 0.0158. The minimum atomic E-state index is -0.922. The maximum atomic E-state index is 13.8. The molecule has 18 atom stereocenters. The molecule has 0 aromatic carbocycles. The van der Waals surface area contributed by atoms with Crippen molar-refractivity contribution >= 4 is 11.6 Å². The van der Waals surface area contributed by atoms with Gasteiger partial charge < -0.3 is 43.7 Å². The van der Waals surface area contributed by atoms with Gasteiger partial charge in [-0.3, -0.25) is 9.59 Å². The first-order valence-electron chi connectivity index (χ1n) is 23.4. The maximum Gasteiger partial charge on any atom is 0.135 e. The van der Waals surface area contributed by atoms with Crippen molar-refractivity contribution in [1.82, 2.24) is 0 Å². The Hall–Kier alpha value is -3.74. The smallest absolute Gasteiger partial charge is 0.135 e. The van der Waals surface area contributed by atoms with Crippen LogP contribution in [-0.4, -0.2) is 119 Å². The summed E-state index contributed by atoms with van der Waals surface area (Å²) in [4.78, 5) is 27.1. The van der Waals surface area contributed by atoms with Crippen LogP contribution >= 0.6 is 0 Å². The van der Waals surface area contributed by atoms with E-state index in [1.54, 1.807) is 13.8 Å². The van der Waals surface area contributed by atoms with E-state index in [2.05, 4.69) is 86.2 Å². The standard InChI is InChI=1S/C41H62O11.C12H6/c1-20-12-29-8-10-32-21(2)13-28(47-32)7-6-25(43)16-35-24(5)39-41(52-35)38(46)40-33(51-39)11-9-30(49-40)14-26(44)15-31-23(4)34(17-27(45)19-42)50-37(31)18-36(48-29)22(20)3;1-3-5-7-9-11-12-10-8-6-4-2/h20,23-24,27-42,45-46H,2-3,6-19H2,1,4-5H3;1-2H3/t20-,23-,24+,27+,28?,29+,30?,31-,32+,33+,34-,35+,36?,37+,38+,39+,40+,41+;/m1./s1. The van der Waals surface area contributed by atoms with Crippen molar-refractivity contribution in [2.24, 2.45) is 23.7 Å². The fourth-order valence-electron chi connectivity index (χ4n) is 10.7. The second-order valence-electron chi connectivity index (χ2n) is 18.8. The Labute approximate surface area is 381 Å². The summed E-state index contributed by atoms with van der Waals surface area (Å²) in [6.07, 6.45) is 1.93. The molecule has 7 aliphatic rings. The molecule has 0 aromatic rings. The van der Waals surface area contributed by atoms with Crippen molar-refractivity contribution in [3.8, 4) is 59.2 Å². The third kappa shape index (κ3) is 12.8. The van der Waals surface area contributed by atoms with Crippen molar-refractivity contribution in [2.45, 2.75) is 204 Å². The molecule has 11 heteroatoms. The number of Topliss-reactive ketones (excluding diaryl/α,β-unsaturated/α-hetero) is 2. The zero-order valence-corrected chi connectivity index (χ0v) is 38.3. The van der Waals surface area contributed by atoms with Gasteiger partial charge in [-0.2, -0.15) is 0 Å². The topological polar surface area (TPSA) is 150 Å². The molecular weight excluding hydrogens is 813 g/mol. The third-order valence-electron chi connectivity index (χ3n) is 14.4. The number of aliphatic hydroxyl groups excluding tert-OH is 3. The molecule has 7 fully saturated rings. The second-order valence-corrected chi connectivity index (χ2v) is 18.8. The highest BCUT2D eigenvalue weighted by atomic mass is 16.6. The van der Waals surface area contributed by atoms with Gasteiger partial charge in [-0.05, 0) is 135 Å². The van der Waals surface area contributed by atoms with E-state index in [9.17, 15) is 24.9 Å². The number of aliphatic hydroxyl groups is 3. The van der Waals surface area contributed by atoms with Gasteiger partial charge in [0.25, 0.3) is 0 Å². The molecule has 64 heavy (non-hydrogen) atoms. The summed E-state index contributed by atoms with van der Waals surface area (Å²) < 4.78 is 39.1. The fraction of sp³-hybridized carbons (Fsp3) is 0.698. The van der Waals surface area contributed by atoms with Crippen LogP contribution in [-0.2, 0) is 38.0 Å². The van der Waals surface area contributed by atoms with Gasteiger partial charge in [-0.25, -0.2) is 0 Å². The lowest BCUT2D eigenvalue weighted by atomic mass is 9.78. The van der Waals surface area contributed by atoms with Crippen LogP contribution in [0.25, 0.3) is 0 Å².